The standard InChI is InChI=1S/C25H24FN5O/c26-20-10-8-17(9-11-20)15-21(18-5-2-1-3-6-18)25(32)31-14-4-7-19(16-31)22-23-24(30-29-22)28-13-12-27-23/h1-3,5-6,8-13,19,21H,4,7,14-16H2,(H,28,29,30). The molecule has 1 aliphatic heterocycles. The van der Waals surface area contributed by atoms with E-state index in [4.69, 9.17) is 0 Å². The Balaban J connectivity index is 1.40. The molecule has 32 heavy (non-hydrogen) atoms. The Labute approximate surface area is 185 Å². The number of aromatic nitrogens is 4. The Bertz CT molecular complexity index is 1210. The number of nitrogens with one attached hydrogen (secondary N) is 1. The summed E-state index contributed by atoms with van der Waals surface area (Å²) in [6.07, 6.45) is 5.70. The zero-order chi connectivity index (χ0) is 21.9. The maximum absolute atomic E-state index is 13.7. The predicted octanol–water partition coefficient (Wildman–Crippen LogP) is 4.22. The van der Waals surface area contributed by atoms with Crippen molar-refractivity contribution in [1.82, 2.24) is 25.1 Å². The van der Waals surface area contributed by atoms with Crippen LogP contribution in [0, 0.1) is 5.82 Å². The summed E-state index contributed by atoms with van der Waals surface area (Å²) in [6, 6.07) is 16.2. The second kappa shape index (κ2) is 8.86. The van der Waals surface area contributed by atoms with Crippen LogP contribution in [0.4, 0.5) is 4.39 Å². The van der Waals surface area contributed by atoms with Gasteiger partial charge in [-0.15, -0.1) is 0 Å². The smallest absolute Gasteiger partial charge is 0.230 e. The van der Waals surface area contributed by atoms with Crippen molar-refractivity contribution in [3.8, 4) is 0 Å². The molecule has 7 heteroatoms. The number of aromatic amines is 1. The minimum Gasteiger partial charge on any atom is -0.341 e. The van der Waals surface area contributed by atoms with E-state index in [-0.39, 0.29) is 23.6 Å². The monoisotopic (exact) mass is 429 g/mol. The lowest BCUT2D eigenvalue weighted by Crippen LogP contribution is -2.42. The molecule has 1 amide bonds. The van der Waals surface area contributed by atoms with E-state index in [0.717, 1.165) is 41.7 Å². The van der Waals surface area contributed by atoms with E-state index in [0.29, 0.717) is 18.6 Å². The number of nitrogens with zero attached hydrogens (tertiary/aromatic N) is 4. The van der Waals surface area contributed by atoms with Gasteiger partial charge in [0.25, 0.3) is 0 Å². The van der Waals surface area contributed by atoms with Crippen molar-refractivity contribution in [1.29, 1.82) is 0 Å². The summed E-state index contributed by atoms with van der Waals surface area (Å²) in [5, 5.41) is 7.38. The van der Waals surface area contributed by atoms with Gasteiger partial charge in [-0.2, -0.15) is 5.10 Å². The molecule has 1 fully saturated rings. The highest BCUT2D eigenvalue weighted by Crippen LogP contribution is 2.32. The van der Waals surface area contributed by atoms with Crippen molar-refractivity contribution in [2.75, 3.05) is 13.1 Å². The number of rotatable bonds is 5. The van der Waals surface area contributed by atoms with Gasteiger partial charge in [-0.1, -0.05) is 42.5 Å². The zero-order valence-electron chi connectivity index (χ0n) is 17.6. The Morgan fingerprint density at radius 3 is 2.69 bits per heavy atom. The van der Waals surface area contributed by atoms with Crippen molar-refractivity contribution in [2.24, 2.45) is 0 Å². The molecule has 1 saturated heterocycles. The van der Waals surface area contributed by atoms with E-state index in [1.54, 1.807) is 24.5 Å². The summed E-state index contributed by atoms with van der Waals surface area (Å²) in [4.78, 5) is 24.4. The molecule has 0 saturated carbocycles. The molecule has 2 atom stereocenters. The highest BCUT2D eigenvalue weighted by atomic mass is 19.1. The summed E-state index contributed by atoms with van der Waals surface area (Å²) in [5.41, 5.74) is 4.24. The van der Waals surface area contributed by atoms with E-state index in [1.807, 2.05) is 35.2 Å². The number of fused-ring (bicyclic) bond motifs is 1. The van der Waals surface area contributed by atoms with Crippen LogP contribution in [0.5, 0.6) is 0 Å². The van der Waals surface area contributed by atoms with E-state index in [1.165, 1.54) is 12.1 Å². The lowest BCUT2D eigenvalue weighted by molar-refractivity contribution is -0.134. The lowest BCUT2D eigenvalue weighted by Gasteiger charge is -2.35. The molecule has 2 aromatic carbocycles. The second-order valence-electron chi connectivity index (χ2n) is 8.28. The van der Waals surface area contributed by atoms with Gasteiger partial charge in [-0.05, 0) is 42.5 Å². The summed E-state index contributed by atoms with van der Waals surface area (Å²) >= 11 is 0. The number of carbonyl (C=O) groups excluding carboxylic acids is 1. The van der Waals surface area contributed by atoms with Gasteiger partial charge in [0.15, 0.2) is 5.65 Å². The molecule has 3 heterocycles. The van der Waals surface area contributed by atoms with Gasteiger partial charge in [0.2, 0.25) is 5.91 Å². The fourth-order valence-corrected chi connectivity index (χ4v) is 4.58. The van der Waals surface area contributed by atoms with E-state index in [2.05, 4.69) is 20.2 Å². The van der Waals surface area contributed by atoms with Crippen LogP contribution in [0.15, 0.2) is 67.0 Å². The quantitative estimate of drug-likeness (QED) is 0.515. The normalized spacial score (nSPS) is 17.4. The van der Waals surface area contributed by atoms with Gasteiger partial charge in [0.05, 0.1) is 11.6 Å². The van der Waals surface area contributed by atoms with Crippen molar-refractivity contribution in [3.63, 3.8) is 0 Å². The van der Waals surface area contributed by atoms with Gasteiger partial charge in [-0.3, -0.25) is 9.89 Å². The molecule has 2 unspecified atom stereocenters. The zero-order valence-corrected chi connectivity index (χ0v) is 17.6. The van der Waals surface area contributed by atoms with Crippen LogP contribution in [0.3, 0.4) is 0 Å². The van der Waals surface area contributed by atoms with Crippen molar-refractivity contribution < 1.29 is 9.18 Å². The molecule has 0 aliphatic carbocycles. The molecule has 1 N–H and O–H groups in total. The summed E-state index contributed by atoms with van der Waals surface area (Å²) in [5.74, 6) is -0.361. The van der Waals surface area contributed by atoms with Gasteiger partial charge in [0.1, 0.15) is 11.3 Å². The van der Waals surface area contributed by atoms with Crippen LogP contribution in [0.2, 0.25) is 0 Å². The van der Waals surface area contributed by atoms with Gasteiger partial charge in [0, 0.05) is 31.4 Å². The molecule has 4 aromatic rings. The SMILES string of the molecule is O=C(C(Cc1ccc(F)cc1)c1ccccc1)N1CCCC(c2[nH]nc3nccnc23)C1. The summed E-state index contributed by atoms with van der Waals surface area (Å²) < 4.78 is 13.4. The number of likely N-dealkylation sites (tertiary alicyclic amines) is 1. The largest absolute Gasteiger partial charge is 0.341 e. The number of halogens is 1. The number of hydrogen-bond acceptors (Lipinski definition) is 4. The summed E-state index contributed by atoms with van der Waals surface area (Å²) in [6.45, 7) is 1.33. The topological polar surface area (TPSA) is 74.8 Å². The minimum atomic E-state index is -0.321. The molecule has 0 spiro atoms. The first kappa shape index (κ1) is 20.3. The lowest BCUT2D eigenvalue weighted by atomic mass is 9.88. The number of benzene rings is 2. The van der Waals surface area contributed by atoms with Gasteiger partial charge in [-0.25, -0.2) is 14.4 Å². The highest BCUT2D eigenvalue weighted by Gasteiger charge is 2.32. The van der Waals surface area contributed by atoms with E-state index >= 15 is 0 Å². The first-order chi connectivity index (χ1) is 15.7. The number of hydrogen-bond donors (Lipinski definition) is 1. The fraction of sp³-hybridized carbons (Fsp3) is 0.280. The molecular weight excluding hydrogens is 405 g/mol. The number of H-pyrrole nitrogens is 1. The maximum atomic E-state index is 13.7. The van der Waals surface area contributed by atoms with E-state index < -0.39 is 0 Å². The Hall–Kier alpha value is -3.61. The Morgan fingerprint density at radius 1 is 1.09 bits per heavy atom. The van der Waals surface area contributed by atoms with Crippen LogP contribution in [0.25, 0.3) is 11.2 Å². The molecular formula is C25H24FN5O. The number of piperidine rings is 1. The Kier molecular flexibility index (Phi) is 5.62. The van der Waals surface area contributed by atoms with Crippen molar-refractivity contribution in [2.45, 2.75) is 31.1 Å². The van der Waals surface area contributed by atoms with Crippen LogP contribution >= 0.6 is 0 Å². The highest BCUT2D eigenvalue weighted by molar-refractivity contribution is 5.84. The van der Waals surface area contributed by atoms with Crippen molar-refractivity contribution >= 4 is 17.1 Å². The minimum absolute atomic E-state index is 0.0973. The maximum Gasteiger partial charge on any atom is 0.230 e. The predicted molar refractivity (Wildman–Crippen MR) is 120 cm³/mol. The van der Waals surface area contributed by atoms with Crippen LogP contribution in [-0.2, 0) is 11.2 Å². The molecule has 0 radical (unpaired) electrons. The first-order valence-corrected chi connectivity index (χ1v) is 10.9. The third-order valence-electron chi connectivity index (χ3n) is 6.21. The third kappa shape index (κ3) is 4.10. The van der Waals surface area contributed by atoms with Crippen LogP contribution in [0.1, 0.15) is 41.5 Å². The molecule has 2 aromatic heterocycles. The number of carbonyl (C=O) groups is 1. The van der Waals surface area contributed by atoms with Gasteiger partial charge < -0.3 is 4.90 Å². The second-order valence-corrected chi connectivity index (χ2v) is 8.28. The summed E-state index contributed by atoms with van der Waals surface area (Å²) in [7, 11) is 0. The number of amides is 1. The molecule has 5 rings (SSSR count). The van der Waals surface area contributed by atoms with Crippen LogP contribution < -0.4 is 0 Å². The molecule has 6 nitrogen and oxygen atoms in total. The molecule has 0 bridgehead atoms. The Morgan fingerprint density at radius 2 is 1.88 bits per heavy atom. The average Bonchev–Trinajstić information content (AvgIpc) is 3.28. The molecule has 1 aliphatic rings. The molecule has 162 valence electrons. The van der Waals surface area contributed by atoms with Gasteiger partial charge >= 0.3 is 0 Å². The third-order valence-corrected chi connectivity index (χ3v) is 6.21. The van der Waals surface area contributed by atoms with Crippen LogP contribution in [-0.4, -0.2) is 44.1 Å². The average molecular weight is 429 g/mol. The van der Waals surface area contributed by atoms with Crippen molar-refractivity contribution in [3.05, 3.63) is 89.6 Å². The van der Waals surface area contributed by atoms with E-state index in [9.17, 15) is 9.18 Å². The fourth-order valence-electron chi connectivity index (χ4n) is 4.58. The first-order valence-electron chi connectivity index (χ1n) is 10.9.